The monoisotopic (exact) mass is 252 g/mol. The molecule has 0 spiro atoms. The van der Waals surface area contributed by atoms with E-state index in [1.807, 2.05) is 0 Å². The molecule has 0 saturated heterocycles. The quantitative estimate of drug-likeness (QED) is 0.738. The van der Waals surface area contributed by atoms with E-state index in [1.165, 1.54) is 6.07 Å². The van der Waals surface area contributed by atoms with Crippen molar-refractivity contribution in [2.24, 2.45) is 0 Å². The topological polar surface area (TPSA) is 0 Å². The van der Waals surface area contributed by atoms with E-state index in [0.29, 0.717) is 11.1 Å². The van der Waals surface area contributed by atoms with Gasteiger partial charge < -0.3 is 0 Å². The Morgan fingerprint density at radius 3 is 2.44 bits per heavy atom. The van der Waals surface area contributed by atoms with E-state index in [2.05, 4.69) is 0 Å². The zero-order valence-corrected chi connectivity index (χ0v) is 10.4. The van der Waals surface area contributed by atoms with Crippen molar-refractivity contribution < 1.29 is 13.2 Å². The van der Waals surface area contributed by atoms with E-state index in [9.17, 15) is 13.2 Å². The highest BCUT2D eigenvalue weighted by molar-refractivity contribution is 5.35. The van der Waals surface area contributed by atoms with Gasteiger partial charge in [-0.25, -0.2) is 13.2 Å². The predicted octanol–water partition coefficient (Wildman–Crippen LogP) is 4.24. The van der Waals surface area contributed by atoms with Crippen molar-refractivity contribution in [1.29, 1.82) is 0 Å². The molecule has 0 fully saturated rings. The fraction of sp³-hybridized carbons (Fsp3) is 0.333. The van der Waals surface area contributed by atoms with Gasteiger partial charge in [0.15, 0.2) is 12.3 Å². The first-order valence-electron chi connectivity index (χ1n) is 5.89. The molecule has 2 atom stereocenters. The smallest absolute Gasteiger partial charge is 0.157 e. The maximum Gasteiger partial charge on any atom is 0.157 e. The first kappa shape index (κ1) is 12.9. The summed E-state index contributed by atoms with van der Waals surface area (Å²) in [4.78, 5) is 0. The van der Waals surface area contributed by atoms with Gasteiger partial charge in [-0.3, -0.25) is 0 Å². The molecule has 18 heavy (non-hydrogen) atoms. The minimum Gasteiger partial charge on any atom is -0.239 e. The molecule has 0 saturated carbocycles. The fourth-order valence-electron chi connectivity index (χ4n) is 2.01. The van der Waals surface area contributed by atoms with Gasteiger partial charge in [-0.15, -0.1) is 0 Å². The standard InChI is InChI=1S/C15H15F3/c1-9-3-5-11(13(16)7-9)8-12-6-4-10(2)14(17)15(12)18/h3-7,14-15H,8H2,1-2H3. The normalized spacial score (nSPS) is 23.6. The van der Waals surface area contributed by atoms with Crippen LogP contribution in [-0.2, 0) is 6.42 Å². The van der Waals surface area contributed by atoms with Crippen molar-refractivity contribution in [2.45, 2.75) is 32.6 Å². The summed E-state index contributed by atoms with van der Waals surface area (Å²) >= 11 is 0. The van der Waals surface area contributed by atoms with Crippen LogP contribution in [0.5, 0.6) is 0 Å². The van der Waals surface area contributed by atoms with Crippen molar-refractivity contribution in [3.05, 3.63) is 58.4 Å². The maximum atomic E-state index is 13.8. The van der Waals surface area contributed by atoms with E-state index in [1.54, 1.807) is 38.1 Å². The fourth-order valence-corrected chi connectivity index (χ4v) is 2.01. The minimum atomic E-state index is -1.67. The summed E-state index contributed by atoms with van der Waals surface area (Å²) in [5, 5.41) is 0. The van der Waals surface area contributed by atoms with Crippen molar-refractivity contribution in [3.8, 4) is 0 Å². The number of halogens is 3. The first-order chi connectivity index (χ1) is 8.49. The Bertz CT molecular complexity index is 514. The number of allylic oxidation sites excluding steroid dienone is 4. The van der Waals surface area contributed by atoms with Crippen LogP contribution in [0, 0.1) is 12.7 Å². The third-order valence-corrected chi connectivity index (χ3v) is 3.21. The molecule has 1 aliphatic carbocycles. The van der Waals surface area contributed by atoms with Crippen LogP contribution in [0.3, 0.4) is 0 Å². The SMILES string of the molecule is CC1=CC=C(Cc2ccc(C)cc2F)C(F)C1F. The molecule has 0 nitrogen and oxygen atoms in total. The molecular weight excluding hydrogens is 237 g/mol. The second-order valence-electron chi connectivity index (χ2n) is 4.73. The third-order valence-electron chi connectivity index (χ3n) is 3.21. The molecule has 2 unspecified atom stereocenters. The molecule has 1 aliphatic rings. The molecule has 0 amide bonds. The number of hydrogen-bond donors (Lipinski definition) is 0. The Hall–Kier alpha value is -1.51. The van der Waals surface area contributed by atoms with Gasteiger partial charge in [0, 0.05) is 0 Å². The Kier molecular flexibility index (Phi) is 3.60. The van der Waals surface area contributed by atoms with E-state index < -0.39 is 12.3 Å². The minimum absolute atomic E-state index is 0.109. The lowest BCUT2D eigenvalue weighted by atomic mass is 9.91. The number of rotatable bonds is 2. The van der Waals surface area contributed by atoms with Crippen LogP contribution < -0.4 is 0 Å². The molecular formula is C15H15F3. The van der Waals surface area contributed by atoms with Crippen molar-refractivity contribution >= 4 is 0 Å². The van der Waals surface area contributed by atoms with Crippen molar-refractivity contribution in [3.63, 3.8) is 0 Å². The van der Waals surface area contributed by atoms with Gasteiger partial charge in [0.2, 0.25) is 0 Å². The highest BCUT2D eigenvalue weighted by Crippen LogP contribution is 2.28. The number of hydrogen-bond acceptors (Lipinski definition) is 0. The Morgan fingerprint density at radius 1 is 1.06 bits per heavy atom. The van der Waals surface area contributed by atoms with Gasteiger partial charge in [-0.2, -0.15) is 0 Å². The summed E-state index contributed by atoms with van der Waals surface area (Å²) in [5.41, 5.74) is 1.87. The lowest BCUT2D eigenvalue weighted by Gasteiger charge is -2.21. The van der Waals surface area contributed by atoms with E-state index in [4.69, 9.17) is 0 Å². The summed E-state index contributed by atoms with van der Waals surface area (Å²) in [7, 11) is 0. The molecule has 1 aromatic carbocycles. The van der Waals surface area contributed by atoms with Crippen LogP contribution in [0.4, 0.5) is 13.2 Å². The Balaban J connectivity index is 2.24. The molecule has 0 radical (unpaired) electrons. The summed E-state index contributed by atoms with van der Waals surface area (Å²) in [6.07, 6.45) is -0.0658. The van der Waals surface area contributed by atoms with Gasteiger partial charge in [0.1, 0.15) is 5.82 Å². The Labute approximate surface area is 105 Å². The van der Waals surface area contributed by atoms with Gasteiger partial charge in [-0.05, 0) is 48.6 Å². The summed E-state index contributed by atoms with van der Waals surface area (Å²) in [6, 6.07) is 4.79. The molecule has 96 valence electrons. The summed E-state index contributed by atoms with van der Waals surface area (Å²) < 4.78 is 40.9. The molecule has 2 rings (SSSR count). The largest absolute Gasteiger partial charge is 0.239 e. The molecule has 1 aromatic rings. The molecule has 3 heteroatoms. The van der Waals surface area contributed by atoms with E-state index in [0.717, 1.165) is 5.56 Å². The first-order valence-corrected chi connectivity index (χ1v) is 5.89. The second kappa shape index (κ2) is 5.01. The van der Waals surface area contributed by atoms with Crippen LogP contribution >= 0.6 is 0 Å². The summed E-state index contributed by atoms with van der Waals surface area (Å²) in [6.45, 7) is 3.34. The van der Waals surface area contributed by atoms with Crippen LogP contribution in [-0.4, -0.2) is 12.3 Å². The van der Waals surface area contributed by atoms with Crippen molar-refractivity contribution in [1.82, 2.24) is 0 Å². The molecule has 0 N–H and O–H groups in total. The van der Waals surface area contributed by atoms with Crippen LogP contribution in [0.15, 0.2) is 41.5 Å². The van der Waals surface area contributed by atoms with Crippen LogP contribution in [0.2, 0.25) is 0 Å². The average Bonchev–Trinajstić information content (AvgIpc) is 2.33. The lowest BCUT2D eigenvalue weighted by molar-refractivity contribution is 0.220. The number of alkyl halides is 2. The highest BCUT2D eigenvalue weighted by atomic mass is 19.2. The van der Waals surface area contributed by atoms with Crippen LogP contribution in [0.25, 0.3) is 0 Å². The Morgan fingerprint density at radius 2 is 1.78 bits per heavy atom. The zero-order valence-electron chi connectivity index (χ0n) is 10.4. The maximum absolute atomic E-state index is 13.8. The third kappa shape index (κ3) is 2.50. The molecule has 0 aliphatic heterocycles. The molecule has 0 bridgehead atoms. The molecule has 0 aromatic heterocycles. The number of aryl methyl sites for hydroxylation is 1. The van der Waals surface area contributed by atoms with Gasteiger partial charge in [-0.1, -0.05) is 24.3 Å². The van der Waals surface area contributed by atoms with Gasteiger partial charge in [0.05, 0.1) is 0 Å². The lowest BCUT2D eigenvalue weighted by Crippen LogP contribution is -2.24. The highest BCUT2D eigenvalue weighted by Gasteiger charge is 2.28. The second-order valence-corrected chi connectivity index (χ2v) is 4.73. The van der Waals surface area contributed by atoms with E-state index >= 15 is 0 Å². The van der Waals surface area contributed by atoms with Gasteiger partial charge >= 0.3 is 0 Å². The average molecular weight is 252 g/mol. The van der Waals surface area contributed by atoms with Crippen LogP contribution in [0.1, 0.15) is 18.1 Å². The summed E-state index contributed by atoms with van der Waals surface area (Å²) in [5.74, 6) is -0.371. The van der Waals surface area contributed by atoms with Crippen molar-refractivity contribution in [2.75, 3.05) is 0 Å². The molecule has 0 heterocycles. The van der Waals surface area contributed by atoms with Gasteiger partial charge in [0.25, 0.3) is 0 Å². The zero-order chi connectivity index (χ0) is 13.3. The number of benzene rings is 1. The predicted molar refractivity (Wildman–Crippen MR) is 66.5 cm³/mol. The van der Waals surface area contributed by atoms with E-state index in [-0.39, 0.29) is 17.8 Å².